The van der Waals surface area contributed by atoms with Crippen LogP contribution in [-0.4, -0.2) is 21.7 Å². The minimum atomic E-state index is -0.0531. The maximum atomic E-state index is 9.49. The van der Waals surface area contributed by atoms with Gasteiger partial charge in [-0.2, -0.15) is 0 Å². The molecule has 108 valence electrons. The average Bonchev–Trinajstić information content (AvgIpc) is 2.93. The molecule has 4 nitrogen and oxygen atoms in total. The van der Waals surface area contributed by atoms with Crippen LogP contribution in [0.2, 0.25) is 0 Å². The predicted octanol–water partition coefficient (Wildman–Crippen LogP) is 3.43. The Kier molecular flexibility index (Phi) is 3.62. The van der Waals surface area contributed by atoms with Crippen molar-refractivity contribution in [1.82, 2.24) is 9.97 Å². The van der Waals surface area contributed by atoms with Crippen molar-refractivity contribution in [3.05, 3.63) is 47.5 Å². The number of aromatic nitrogens is 2. The quantitative estimate of drug-likeness (QED) is 0.770. The monoisotopic (exact) mass is 282 g/mol. The van der Waals surface area contributed by atoms with Crippen molar-refractivity contribution in [3.63, 3.8) is 0 Å². The van der Waals surface area contributed by atoms with E-state index >= 15 is 0 Å². The third-order valence-corrected chi connectivity index (χ3v) is 3.52. The Bertz CT molecular complexity index is 778. The lowest BCUT2D eigenvalue weighted by Crippen LogP contribution is -1.97. The summed E-state index contributed by atoms with van der Waals surface area (Å²) in [5.74, 6) is 1.52. The Labute approximate surface area is 123 Å². The molecule has 3 aromatic rings. The molecule has 0 aliphatic rings. The Balaban J connectivity index is 2.07. The van der Waals surface area contributed by atoms with Gasteiger partial charge in [0.05, 0.1) is 24.2 Å². The van der Waals surface area contributed by atoms with E-state index in [2.05, 4.69) is 9.97 Å². The van der Waals surface area contributed by atoms with Gasteiger partial charge in [-0.05, 0) is 43.7 Å². The number of imidazole rings is 1. The molecule has 1 heterocycles. The number of H-pyrrole nitrogens is 1. The maximum Gasteiger partial charge on any atom is 0.138 e. The van der Waals surface area contributed by atoms with Gasteiger partial charge in [0.2, 0.25) is 0 Å². The van der Waals surface area contributed by atoms with E-state index in [1.807, 2.05) is 50.2 Å². The molecule has 0 unspecified atom stereocenters. The van der Waals surface area contributed by atoms with Crippen molar-refractivity contribution in [3.8, 4) is 17.1 Å². The topological polar surface area (TPSA) is 58.1 Å². The molecule has 2 aromatic carbocycles. The minimum Gasteiger partial charge on any atom is -0.494 e. The number of hydrogen-bond acceptors (Lipinski definition) is 3. The van der Waals surface area contributed by atoms with Crippen molar-refractivity contribution in [2.75, 3.05) is 6.61 Å². The fourth-order valence-corrected chi connectivity index (χ4v) is 2.46. The zero-order chi connectivity index (χ0) is 14.8. The van der Waals surface area contributed by atoms with Crippen LogP contribution in [0.1, 0.15) is 18.1 Å². The van der Waals surface area contributed by atoms with Gasteiger partial charge >= 0.3 is 0 Å². The van der Waals surface area contributed by atoms with Gasteiger partial charge in [0, 0.05) is 11.1 Å². The Morgan fingerprint density at radius 1 is 1.24 bits per heavy atom. The third-order valence-electron chi connectivity index (χ3n) is 3.52. The molecule has 0 atom stereocenters. The Hall–Kier alpha value is -2.33. The third kappa shape index (κ3) is 2.50. The first-order valence-corrected chi connectivity index (χ1v) is 7.05. The van der Waals surface area contributed by atoms with E-state index in [9.17, 15) is 5.11 Å². The molecule has 2 N–H and O–H groups in total. The highest BCUT2D eigenvalue weighted by molar-refractivity contribution is 5.82. The number of aliphatic hydroxyl groups excluding tert-OH is 1. The zero-order valence-electron chi connectivity index (χ0n) is 12.2. The van der Waals surface area contributed by atoms with Gasteiger partial charge in [0.25, 0.3) is 0 Å². The molecule has 0 aliphatic carbocycles. The van der Waals surface area contributed by atoms with Crippen LogP contribution in [0.15, 0.2) is 36.4 Å². The molecule has 0 bridgehead atoms. The van der Waals surface area contributed by atoms with E-state index in [1.54, 1.807) is 0 Å². The number of para-hydroxylation sites is 1. The number of rotatable bonds is 4. The van der Waals surface area contributed by atoms with Crippen molar-refractivity contribution in [2.45, 2.75) is 20.5 Å². The summed E-state index contributed by atoms with van der Waals surface area (Å²) in [6, 6.07) is 11.8. The minimum absolute atomic E-state index is 0.0531. The number of nitrogens with zero attached hydrogens (tertiary/aromatic N) is 1. The van der Waals surface area contributed by atoms with Crippen LogP contribution in [-0.2, 0) is 6.61 Å². The van der Waals surface area contributed by atoms with Gasteiger partial charge in [-0.25, -0.2) is 4.98 Å². The highest BCUT2D eigenvalue weighted by atomic mass is 16.5. The second kappa shape index (κ2) is 5.58. The van der Waals surface area contributed by atoms with Crippen molar-refractivity contribution < 1.29 is 9.84 Å². The van der Waals surface area contributed by atoms with Crippen LogP contribution in [0, 0.1) is 6.92 Å². The molecule has 0 aliphatic heterocycles. The van der Waals surface area contributed by atoms with Gasteiger partial charge in [-0.1, -0.05) is 12.1 Å². The molecular formula is C17H18N2O2. The summed E-state index contributed by atoms with van der Waals surface area (Å²) < 4.78 is 5.51. The summed E-state index contributed by atoms with van der Waals surface area (Å²) in [4.78, 5) is 7.98. The van der Waals surface area contributed by atoms with Gasteiger partial charge in [0.1, 0.15) is 11.6 Å². The van der Waals surface area contributed by atoms with Crippen molar-refractivity contribution >= 4 is 11.0 Å². The van der Waals surface area contributed by atoms with Gasteiger partial charge in [-0.15, -0.1) is 0 Å². The van der Waals surface area contributed by atoms with Crippen LogP contribution < -0.4 is 4.74 Å². The van der Waals surface area contributed by atoms with E-state index in [-0.39, 0.29) is 6.61 Å². The van der Waals surface area contributed by atoms with Crippen LogP contribution in [0.4, 0.5) is 0 Å². The predicted molar refractivity (Wildman–Crippen MR) is 83.4 cm³/mol. The van der Waals surface area contributed by atoms with Gasteiger partial charge in [0.15, 0.2) is 0 Å². The van der Waals surface area contributed by atoms with Crippen molar-refractivity contribution in [1.29, 1.82) is 0 Å². The summed E-state index contributed by atoms with van der Waals surface area (Å²) in [5.41, 5.74) is 4.85. The molecule has 1 aromatic heterocycles. The summed E-state index contributed by atoms with van der Waals surface area (Å²) in [6.45, 7) is 4.50. The lowest BCUT2D eigenvalue weighted by molar-refractivity contribution is 0.267. The average molecular weight is 282 g/mol. The van der Waals surface area contributed by atoms with Crippen LogP contribution in [0.3, 0.4) is 0 Å². The summed E-state index contributed by atoms with van der Waals surface area (Å²) in [6.07, 6.45) is 0. The van der Waals surface area contributed by atoms with Crippen LogP contribution in [0.5, 0.6) is 5.75 Å². The summed E-state index contributed by atoms with van der Waals surface area (Å²) in [7, 11) is 0. The molecular weight excluding hydrogens is 264 g/mol. The summed E-state index contributed by atoms with van der Waals surface area (Å²) in [5, 5.41) is 9.49. The highest BCUT2D eigenvalue weighted by Crippen LogP contribution is 2.27. The number of aryl methyl sites for hydroxylation is 1. The van der Waals surface area contributed by atoms with E-state index in [0.717, 1.165) is 39.3 Å². The van der Waals surface area contributed by atoms with Crippen LogP contribution >= 0.6 is 0 Å². The highest BCUT2D eigenvalue weighted by Gasteiger charge is 2.10. The number of aromatic amines is 1. The molecule has 0 saturated carbocycles. The molecule has 3 rings (SSSR count). The number of fused-ring (bicyclic) bond motifs is 1. The smallest absolute Gasteiger partial charge is 0.138 e. The number of ether oxygens (including phenoxy) is 1. The fraction of sp³-hybridized carbons (Fsp3) is 0.235. The van der Waals surface area contributed by atoms with E-state index in [0.29, 0.717) is 6.61 Å². The molecule has 0 radical (unpaired) electrons. The van der Waals surface area contributed by atoms with Gasteiger partial charge in [-0.3, -0.25) is 0 Å². The summed E-state index contributed by atoms with van der Waals surface area (Å²) >= 11 is 0. The number of hydrogen-bond donors (Lipinski definition) is 2. The van der Waals surface area contributed by atoms with E-state index in [1.165, 1.54) is 0 Å². The largest absolute Gasteiger partial charge is 0.494 e. The first kappa shape index (κ1) is 13.6. The SMILES string of the molecule is CCOc1ccc(-c2nc3c(C)cccc3[nH]2)cc1CO. The normalized spacial score (nSPS) is 11.0. The number of nitrogens with one attached hydrogen (secondary N) is 1. The number of aliphatic hydroxyl groups is 1. The van der Waals surface area contributed by atoms with Crippen molar-refractivity contribution in [2.24, 2.45) is 0 Å². The molecule has 0 amide bonds. The first-order chi connectivity index (χ1) is 10.2. The molecule has 0 saturated heterocycles. The lowest BCUT2D eigenvalue weighted by Gasteiger charge is -2.09. The fourth-order valence-electron chi connectivity index (χ4n) is 2.46. The maximum absolute atomic E-state index is 9.49. The second-order valence-electron chi connectivity index (χ2n) is 4.97. The number of benzene rings is 2. The lowest BCUT2D eigenvalue weighted by atomic mass is 10.1. The molecule has 21 heavy (non-hydrogen) atoms. The Morgan fingerprint density at radius 2 is 2.10 bits per heavy atom. The molecule has 0 fully saturated rings. The molecule has 4 heteroatoms. The van der Waals surface area contributed by atoms with E-state index in [4.69, 9.17) is 4.74 Å². The van der Waals surface area contributed by atoms with Crippen LogP contribution in [0.25, 0.3) is 22.4 Å². The second-order valence-corrected chi connectivity index (χ2v) is 4.97. The van der Waals surface area contributed by atoms with Gasteiger partial charge < -0.3 is 14.8 Å². The first-order valence-electron chi connectivity index (χ1n) is 7.05. The standard InChI is InChI=1S/C17H18N2O2/c1-3-21-15-8-7-12(9-13(15)10-20)17-18-14-6-4-5-11(2)16(14)19-17/h4-9,20H,3,10H2,1-2H3,(H,18,19). The zero-order valence-corrected chi connectivity index (χ0v) is 12.2. The van der Waals surface area contributed by atoms with E-state index < -0.39 is 0 Å². The Morgan fingerprint density at radius 3 is 2.81 bits per heavy atom. The molecule has 0 spiro atoms.